The molecule has 2 fully saturated rings. The molecule has 4 heterocycles. The minimum atomic E-state index is -1.74. The normalized spacial score (nSPS) is 21.9. The Morgan fingerprint density at radius 3 is 1.56 bits per heavy atom. The predicted octanol–water partition coefficient (Wildman–Crippen LogP) is 9.82. The Bertz CT molecular complexity index is 2140. The molecule has 59 heavy (non-hydrogen) atoms. The molecule has 2 saturated carbocycles. The van der Waals surface area contributed by atoms with Gasteiger partial charge in [-0.15, -0.1) is 0 Å². The van der Waals surface area contributed by atoms with Gasteiger partial charge >= 0.3 is 12.1 Å². The number of aliphatic hydroxyl groups excluding tert-OH is 1. The molecule has 4 aliphatic rings. The summed E-state index contributed by atoms with van der Waals surface area (Å²) in [5.74, 6) is 2.12. The number of fused-ring (bicyclic) bond motifs is 2. The second-order valence-corrected chi connectivity index (χ2v) is 22.8. The fraction of sp³-hybridized carbons (Fsp3) is 0.476. The summed E-state index contributed by atoms with van der Waals surface area (Å²) in [6.45, 7) is 12.2. The van der Waals surface area contributed by atoms with E-state index in [1.807, 2.05) is 30.3 Å². The first-order valence-electron chi connectivity index (χ1n) is 20.4. The topological polar surface area (TPSA) is 170 Å². The molecule has 0 radical (unpaired) electrons. The summed E-state index contributed by atoms with van der Waals surface area (Å²) in [5, 5.41) is 23.3. The molecule has 0 bridgehead atoms. The van der Waals surface area contributed by atoms with Crippen molar-refractivity contribution in [1.29, 1.82) is 0 Å². The summed E-state index contributed by atoms with van der Waals surface area (Å²) >= 11 is 12.5. The van der Waals surface area contributed by atoms with Crippen molar-refractivity contribution in [2.75, 3.05) is 31.1 Å². The Morgan fingerprint density at radius 1 is 0.712 bits per heavy atom. The van der Waals surface area contributed by atoms with Crippen LogP contribution >= 0.6 is 23.2 Å². The van der Waals surface area contributed by atoms with E-state index >= 15 is 0 Å². The van der Waals surface area contributed by atoms with E-state index in [0.29, 0.717) is 70.2 Å². The van der Waals surface area contributed by atoms with E-state index in [2.05, 4.69) is 75.1 Å². The average molecular weight is 862 g/mol. The van der Waals surface area contributed by atoms with Gasteiger partial charge < -0.3 is 20.2 Å². The lowest BCUT2D eigenvalue weighted by molar-refractivity contribution is 0.126. The number of nitrogens with one attached hydrogen (secondary N) is 4. The van der Waals surface area contributed by atoms with Crippen LogP contribution in [0.1, 0.15) is 83.3 Å². The maximum Gasteiger partial charge on any atom is 0.327 e. The molecule has 5 N–H and O–H groups in total. The highest BCUT2D eigenvalue weighted by Gasteiger charge is 2.40. The maximum atomic E-state index is 12.7. The van der Waals surface area contributed by atoms with Crippen LogP contribution in [-0.4, -0.2) is 69.7 Å². The minimum Gasteiger partial charge on any atom is -0.414 e. The molecule has 0 spiro atoms. The van der Waals surface area contributed by atoms with Crippen molar-refractivity contribution in [3.05, 3.63) is 82.1 Å². The molecule has 14 nitrogen and oxygen atoms in total. The van der Waals surface area contributed by atoms with E-state index < -0.39 is 8.32 Å². The lowest BCUT2D eigenvalue weighted by Crippen LogP contribution is -2.45. The minimum absolute atomic E-state index is 0.201. The molecule has 17 heteroatoms. The summed E-state index contributed by atoms with van der Waals surface area (Å²) in [5.41, 5.74) is 3.00. The number of rotatable bonds is 8. The molecule has 0 saturated heterocycles. The SMILES string of the molecule is CC(C)(C)[Si](C)(C)OC1CCC(Nc2ncc3c(n2)NC(=O)N(c2ccccc2Cl)C3)CC1.O=C1Nc2nc(NC3CCC(O)CC3)ncc2CN1c1ccccc1Cl. The number of aliphatic hydroxyl groups is 1. The van der Waals surface area contributed by atoms with Crippen LogP contribution in [0.5, 0.6) is 0 Å². The highest BCUT2D eigenvalue weighted by Crippen LogP contribution is 2.40. The zero-order valence-corrected chi connectivity index (χ0v) is 36.8. The van der Waals surface area contributed by atoms with Crippen molar-refractivity contribution < 1.29 is 19.1 Å². The molecule has 314 valence electrons. The highest BCUT2D eigenvalue weighted by atomic mass is 35.5. The standard InChI is InChI=1S/C24H34ClN5O2Si.C18H20ClN5O2/c1-24(2,3)33(4,5)32-18-12-10-17(11-13-18)27-22-26-14-16-15-30(23(31)29-21(16)28-22)20-9-7-6-8-19(20)25;19-14-3-1-2-4-15(14)24-10-11-9-20-17(22-16(11)23-18(24)26)21-12-5-7-13(25)8-6-12/h6-9,14,17-18H,10-13,15H2,1-5H3,(H2,26,27,28,29,31);1-4,9,12-13,25H,5-8,10H2,(H2,20,21,22,23,26). The second kappa shape index (κ2) is 18.0. The lowest BCUT2D eigenvalue weighted by atomic mass is 9.93. The summed E-state index contributed by atoms with van der Waals surface area (Å²) in [4.78, 5) is 46.3. The largest absolute Gasteiger partial charge is 0.414 e. The molecule has 2 aromatic carbocycles. The van der Waals surface area contributed by atoms with Crippen molar-refractivity contribution in [3.8, 4) is 0 Å². The smallest absolute Gasteiger partial charge is 0.327 e. The number of hydrogen-bond acceptors (Lipinski definition) is 10. The van der Waals surface area contributed by atoms with Gasteiger partial charge in [0.15, 0.2) is 8.32 Å². The van der Waals surface area contributed by atoms with Crippen molar-refractivity contribution in [2.24, 2.45) is 0 Å². The summed E-state index contributed by atoms with van der Waals surface area (Å²) in [6, 6.07) is 14.6. The molecule has 2 aromatic heterocycles. The van der Waals surface area contributed by atoms with Crippen LogP contribution in [0.2, 0.25) is 28.2 Å². The van der Waals surface area contributed by atoms with Gasteiger partial charge in [-0.1, -0.05) is 68.2 Å². The second-order valence-electron chi connectivity index (χ2n) is 17.2. The number of nitrogens with zero attached hydrogens (tertiary/aromatic N) is 6. The number of para-hydroxylation sites is 2. The Hall–Kier alpha value is -4.54. The van der Waals surface area contributed by atoms with Gasteiger partial charge in [-0.25, -0.2) is 19.6 Å². The molecular weight excluding hydrogens is 808 g/mol. The van der Waals surface area contributed by atoms with E-state index in [9.17, 15) is 14.7 Å². The Morgan fingerprint density at radius 2 is 1.14 bits per heavy atom. The summed E-state index contributed by atoms with van der Waals surface area (Å²) in [6.07, 6.45) is 11.1. The molecule has 4 aromatic rings. The van der Waals surface area contributed by atoms with E-state index in [4.69, 9.17) is 27.6 Å². The zero-order chi connectivity index (χ0) is 41.9. The number of halogens is 2. The average Bonchev–Trinajstić information content (AvgIpc) is 3.19. The van der Waals surface area contributed by atoms with Crippen LogP contribution in [0.3, 0.4) is 0 Å². The summed E-state index contributed by atoms with van der Waals surface area (Å²) < 4.78 is 6.60. The third-order valence-corrected chi connectivity index (χ3v) is 17.1. The molecule has 2 aliphatic carbocycles. The molecule has 2 aliphatic heterocycles. The van der Waals surface area contributed by atoms with Gasteiger partial charge in [-0.2, -0.15) is 9.97 Å². The zero-order valence-electron chi connectivity index (χ0n) is 34.3. The Labute approximate surface area is 357 Å². The van der Waals surface area contributed by atoms with Crippen LogP contribution in [0.25, 0.3) is 0 Å². The van der Waals surface area contributed by atoms with Crippen LogP contribution in [0.4, 0.5) is 44.5 Å². The molecule has 0 atom stereocenters. The number of benzene rings is 2. The van der Waals surface area contributed by atoms with Crippen LogP contribution in [-0.2, 0) is 17.5 Å². The first-order chi connectivity index (χ1) is 28.1. The van der Waals surface area contributed by atoms with Gasteiger partial charge in [0.1, 0.15) is 11.6 Å². The van der Waals surface area contributed by atoms with Crippen LogP contribution in [0.15, 0.2) is 60.9 Å². The van der Waals surface area contributed by atoms with Gasteiger partial charge in [-0.3, -0.25) is 20.4 Å². The van der Waals surface area contributed by atoms with Crippen LogP contribution in [0, 0.1) is 0 Å². The predicted molar refractivity (Wildman–Crippen MR) is 237 cm³/mol. The van der Waals surface area contributed by atoms with Gasteiger partial charge in [0.2, 0.25) is 11.9 Å². The molecule has 0 unspecified atom stereocenters. The van der Waals surface area contributed by atoms with Crippen LogP contribution < -0.4 is 31.1 Å². The van der Waals surface area contributed by atoms with Crippen molar-refractivity contribution in [2.45, 2.75) is 128 Å². The number of hydrogen-bond donors (Lipinski definition) is 5. The Kier molecular flexibility index (Phi) is 13.0. The van der Waals surface area contributed by atoms with Crippen molar-refractivity contribution >= 4 is 78.5 Å². The quantitative estimate of drug-likeness (QED) is 0.108. The molecular formula is C42H54Cl2N10O4Si. The number of urea groups is 2. The fourth-order valence-electron chi connectivity index (χ4n) is 7.46. The van der Waals surface area contributed by atoms with Crippen molar-refractivity contribution in [3.63, 3.8) is 0 Å². The number of anilines is 6. The monoisotopic (exact) mass is 860 g/mol. The van der Waals surface area contributed by atoms with E-state index in [0.717, 1.165) is 62.5 Å². The van der Waals surface area contributed by atoms with Crippen molar-refractivity contribution in [1.82, 2.24) is 19.9 Å². The molecule has 4 amide bonds. The summed E-state index contributed by atoms with van der Waals surface area (Å²) in [7, 11) is -1.74. The van der Waals surface area contributed by atoms with Gasteiger partial charge in [-0.05, 0) is 93.8 Å². The number of carbonyl (C=O) groups excluding carboxylic acids is 2. The highest BCUT2D eigenvalue weighted by molar-refractivity contribution is 6.74. The van der Waals surface area contributed by atoms with Gasteiger partial charge in [0.25, 0.3) is 0 Å². The number of carbonyl (C=O) groups is 2. The lowest BCUT2D eigenvalue weighted by Gasteiger charge is -2.41. The first kappa shape index (κ1) is 42.6. The van der Waals surface area contributed by atoms with E-state index in [-0.39, 0.29) is 29.2 Å². The number of aromatic nitrogens is 4. The maximum absolute atomic E-state index is 12.7. The fourth-order valence-corrected chi connectivity index (χ4v) is 9.35. The van der Waals surface area contributed by atoms with E-state index in [1.165, 1.54) is 0 Å². The number of amides is 4. The van der Waals surface area contributed by atoms with Gasteiger partial charge in [0.05, 0.1) is 40.6 Å². The third kappa shape index (κ3) is 10.3. The van der Waals surface area contributed by atoms with Gasteiger partial charge in [0, 0.05) is 41.7 Å². The third-order valence-electron chi connectivity index (χ3n) is 11.9. The Balaban J connectivity index is 0.000000184. The van der Waals surface area contributed by atoms with E-state index in [1.54, 1.807) is 40.4 Å². The first-order valence-corrected chi connectivity index (χ1v) is 24.1. The molecule has 8 rings (SSSR count).